The predicted molar refractivity (Wildman–Crippen MR) is 121 cm³/mol. The number of aliphatic hydroxyl groups is 1. The van der Waals surface area contributed by atoms with Crippen LogP contribution in [0.4, 0.5) is 5.82 Å². The molecule has 33 heavy (non-hydrogen) atoms. The summed E-state index contributed by atoms with van der Waals surface area (Å²) in [4.78, 5) is 17.7. The maximum Gasteiger partial charge on any atom is 0.261 e. The Kier molecular flexibility index (Phi) is 4.97. The molecule has 1 unspecified atom stereocenters. The minimum absolute atomic E-state index is 0.365. The van der Waals surface area contributed by atoms with Gasteiger partial charge in [-0.1, -0.05) is 11.2 Å². The van der Waals surface area contributed by atoms with Gasteiger partial charge in [0.25, 0.3) is 5.89 Å². The molecular formula is C23H26N8O2. The highest BCUT2D eigenvalue weighted by atomic mass is 16.5. The molecule has 10 heteroatoms. The molecule has 3 N–H and O–H groups in total. The fraction of sp³-hybridized carbons (Fsp3) is 0.391. The molecule has 0 spiro atoms. The highest BCUT2D eigenvalue weighted by Crippen LogP contribution is 2.50. The van der Waals surface area contributed by atoms with Crippen molar-refractivity contribution in [3.05, 3.63) is 54.5 Å². The Bertz CT molecular complexity index is 1250. The lowest BCUT2D eigenvalue weighted by atomic mass is 9.77. The molecule has 0 amide bonds. The van der Waals surface area contributed by atoms with Crippen LogP contribution in [0.5, 0.6) is 0 Å². The van der Waals surface area contributed by atoms with E-state index in [9.17, 15) is 5.11 Å². The summed E-state index contributed by atoms with van der Waals surface area (Å²) in [5, 5.41) is 18.7. The summed E-state index contributed by atoms with van der Waals surface area (Å²) in [6.45, 7) is 5.97. The molecule has 10 nitrogen and oxygen atoms in total. The van der Waals surface area contributed by atoms with E-state index in [1.165, 1.54) is 6.20 Å². The van der Waals surface area contributed by atoms with Gasteiger partial charge in [0.1, 0.15) is 11.5 Å². The molecule has 170 valence electrons. The molecule has 0 saturated heterocycles. The van der Waals surface area contributed by atoms with Gasteiger partial charge in [-0.05, 0) is 51.2 Å². The van der Waals surface area contributed by atoms with Crippen molar-refractivity contribution in [2.75, 3.05) is 5.73 Å². The van der Waals surface area contributed by atoms with Crippen LogP contribution < -0.4 is 5.73 Å². The van der Waals surface area contributed by atoms with E-state index >= 15 is 0 Å². The lowest BCUT2D eigenvalue weighted by Crippen LogP contribution is -2.28. The van der Waals surface area contributed by atoms with Gasteiger partial charge < -0.3 is 15.4 Å². The second kappa shape index (κ2) is 7.73. The molecule has 4 heterocycles. The number of pyridine rings is 1. The minimum Gasteiger partial charge on any atom is -0.389 e. The molecule has 1 aliphatic carbocycles. The van der Waals surface area contributed by atoms with E-state index in [2.05, 4.69) is 32.1 Å². The third kappa shape index (κ3) is 4.21. The van der Waals surface area contributed by atoms with Crippen molar-refractivity contribution in [1.29, 1.82) is 0 Å². The third-order valence-corrected chi connectivity index (χ3v) is 6.01. The highest BCUT2D eigenvalue weighted by Gasteiger charge is 2.47. The quantitative estimate of drug-likeness (QED) is 0.438. The van der Waals surface area contributed by atoms with Gasteiger partial charge >= 0.3 is 0 Å². The maximum absolute atomic E-state index is 10.0. The normalized spacial score (nSPS) is 16.0. The van der Waals surface area contributed by atoms with E-state index in [4.69, 9.17) is 15.2 Å². The molecule has 4 aromatic heterocycles. The first-order valence-electron chi connectivity index (χ1n) is 10.9. The van der Waals surface area contributed by atoms with Gasteiger partial charge in [-0.25, -0.2) is 9.97 Å². The Labute approximate surface area is 190 Å². The molecule has 1 atom stereocenters. The molecule has 0 aromatic carbocycles. The van der Waals surface area contributed by atoms with Gasteiger partial charge in [0.2, 0.25) is 0 Å². The molecule has 4 aromatic rings. The first-order chi connectivity index (χ1) is 15.7. The summed E-state index contributed by atoms with van der Waals surface area (Å²) in [7, 11) is 0. The predicted octanol–water partition coefficient (Wildman–Crippen LogP) is 2.85. The fourth-order valence-electron chi connectivity index (χ4n) is 4.04. The van der Waals surface area contributed by atoms with Gasteiger partial charge in [0.05, 0.1) is 47.4 Å². The maximum atomic E-state index is 10.0. The Hall–Kier alpha value is -3.66. The molecule has 1 aliphatic rings. The second-order valence-corrected chi connectivity index (χ2v) is 9.40. The van der Waals surface area contributed by atoms with E-state index < -0.39 is 11.0 Å². The Balaban J connectivity index is 1.43. The zero-order chi connectivity index (χ0) is 23.2. The molecule has 0 radical (unpaired) electrons. The number of hydrogen-bond donors (Lipinski definition) is 2. The zero-order valence-corrected chi connectivity index (χ0v) is 18.8. The average molecular weight is 447 g/mol. The molecule has 1 fully saturated rings. The van der Waals surface area contributed by atoms with Crippen LogP contribution in [0.15, 0.2) is 47.6 Å². The summed E-state index contributed by atoms with van der Waals surface area (Å²) in [6.07, 6.45) is 10.6. The van der Waals surface area contributed by atoms with Crippen LogP contribution in [0.2, 0.25) is 0 Å². The number of anilines is 1. The number of hydrogen-bond acceptors (Lipinski definition) is 9. The number of nitrogens with two attached hydrogens (primary N) is 1. The smallest absolute Gasteiger partial charge is 0.261 e. The van der Waals surface area contributed by atoms with Crippen molar-refractivity contribution in [1.82, 2.24) is 34.9 Å². The van der Waals surface area contributed by atoms with Crippen LogP contribution >= 0.6 is 0 Å². The summed E-state index contributed by atoms with van der Waals surface area (Å²) < 4.78 is 7.29. The van der Waals surface area contributed by atoms with Crippen LogP contribution in [0.25, 0.3) is 22.8 Å². The van der Waals surface area contributed by atoms with Gasteiger partial charge in [0.15, 0.2) is 5.82 Å². The van der Waals surface area contributed by atoms with Crippen LogP contribution in [0.1, 0.15) is 45.0 Å². The minimum atomic E-state index is -0.870. The summed E-state index contributed by atoms with van der Waals surface area (Å²) >= 11 is 0. The molecule has 5 rings (SSSR count). The second-order valence-electron chi connectivity index (χ2n) is 9.40. The lowest BCUT2D eigenvalue weighted by Gasteiger charge is -2.26. The van der Waals surface area contributed by atoms with Gasteiger partial charge in [-0.15, -0.1) is 0 Å². The van der Waals surface area contributed by atoms with Crippen molar-refractivity contribution in [3.8, 4) is 22.8 Å². The number of nitrogen functional groups attached to an aromatic ring is 1. The zero-order valence-electron chi connectivity index (χ0n) is 18.8. The Morgan fingerprint density at radius 2 is 1.85 bits per heavy atom. The first-order valence-corrected chi connectivity index (χ1v) is 10.9. The summed E-state index contributed by atoms with van der Waals surface area (Å²) in [6, 6.07) is 3.97. The summed E-state index contributed by atoms with van der Waals surface area (Å²) in [5.41, 5.74) is 7.44. The standard InChI is InChI=1S/C23H26N8O2/c1-22(2,32)13-31-12-14(8-28-31)20-29-21(30-33-20)23(3,15-4-5-15)16-6-7-17(25-9-16)18-10-27-19(24)11-26-18/h6-12,15,32H,4-5,13H2,1-3H3,(H2,24,27). The van der Waals surface area contributed by atoms with Crippen molar-refractivity contribution in [3.63, 3.8) is 0 Å². The molecule has 0 bridgehead atoms. The fourth-order valence-corrected chi connectivity index (χ4v) is 4.04. The lowest BCUT2D eigenvalue weighted by molar-refractivity contribution is 0.0577. The Morgan fingerprint density at radius 1 is 1.06 bits per heavy atom. The van der Waals surface area contributed by atoms with Crippen LogP contribution in [-0.4, -0.2) is 45.6 Å². The van der Waals surface area contributed by atoms with E-state index in [1.807, 2.05) is 18.3 Å². The van der Waals surface area contributed by atoms with Crippen LogP contribution in [0.3, 0.4) is 0 Å². The third-order valence-electron chi connectivity index (χ3n) is 6.01. The van der Waals surface area contributed by atoms with E-state index in [-0.39, 0.29) is 0 Å². The Morgan fingerprint density at radius 3 is 2.48 bits per heavy atom. The summed E-state index contributed by atoms with van der Waals surface area (Å²) in [5.74, 6) is 1.80. The van der Waals surface area contributed by atoms with E-state index in [0.717, 1.165) is 24.1 Å². The topological polar surface area (TPSA) is 142 Å². The van der Waals surface area contributed by atoms with E-state index in [0.29, 0.717) is 41.3 Å². The van der Waals surface area contributed by atoms with Crippen LogP contribution in [0, 0.1) is 5.92 Å². The van der Waals surface area contributed by atoms with Gasteiger partial charge in [-0.2, -0.15) is 10.1 Å². The number of rotatable bonds is 7. The van der Waals surface area contributed by atoms with Crippen molar-refractivity contribution in [2.24, 2.45) is 5.92 Å². The highest BCUT2D eigenvalue weighted by molar-refractivity contribution is 5.55. The largest absolute Gasteiger partial charge is 0.389 e. The monoisotopic (exact) mass is 446 g/mol. The average Bonchev–Trinajstić information content (AvgIpc) is 3.35. The van der Waals surface area contributed by atoms with Gasteiger partial charge in [-0.3, -0.25) is 9.67 Å². The molecule has 0 aliphatic heterocycles. The molecular weight excluding hydrogens is 420 g/mol. The van der Waals surface area contributed by atoms with Crippen molar-refractivity contribution in [2.45, 2.75) is 51.2 Å². The van der Waals surface area contributed by atoms with Gasteiger partial charge in [0, 0.05) is 12.4 Å². The SMILES string of the molecule is CC(C)(O)Cn1cc(-c2nc(C(C)(c3ccc(-c4cnc(N)cn4)nc3)C3CC3)no2)cn1. The number of nitrogens with zero attached hydrogens (tertiary/aromatic N) is 7. The van der Waals surface area contributed by atoms with Crippen molar-refractivity contribution < 1.29 is 9.63 Å². The van der Waals surface area contributed by atoms with Crippen molar-refractivity contribution >= 4 is 5.82 Å². The van der Waals surface area contributed by atoms with E-state index in [1.54, 1.807) is 37.1 Å². The van der Waals surface area contributed by atoms with Crippen LogP contribution in [-0.2, 0) is 12.0 Å². The molecule has 1 saturated carbocycles. The number of aromatic nitrogens is 7. The first kappa shape index (κ1) is 21.2.